The molecule has 0 spiro atoms. The molecule has 0 unspecified atom stereocenters. The molecule has 2 heterocycles. The smallest absolute Gasteiger partial charge is 0.271 e. The molecule has 0 saturated carbocycles. The Morgan fingerprint density at radius 2 is 1.91 bits per heavy atom. The van der Waals surface area contributed by atoms with Crippen LogP contribution in [0.25, 0.3) is 33.4 Å². The summed E-state index contributed by atoms with van der Waals surface area (Å²) in [4.78, 5) is 30.7. The Morgan fingerprint density at radius 1 is 1.12 bits per heavy atom. The number of hydrogen-bond acceptors (Lipinski definition) is 7. The molecular formula is C24H17N5O5. The van der Waals surface area contributed by atoms with E-state index in [0.717, 1.165) is 16.4 Å². The SMILES string of the molecule is COc1ccc2o/c(=N\NC(=O)c3ccc([N+](=O)[O-])cc3)c(-c3nc4ccccc4[nH]3)cc2c1. The standard InChI is InChI=1S/C24H17N5O5/c1-33-17-10-11-21-15(12-17)13-18(22-25-19-4-2-3-5-20(19)26-22)24(34-21)28-27-23(30)14-6-8-16(9-7-14)29(31)32/h2-13H,1H3,(H,25,26)(H,27,30)/b28-24-. The van der Waals surface area contributed by atoms with Crippen molar-refractivity contribution in [2.24, 2.45) is 5.10 Å². The molecule has 3 aromatic carbocycles. The van der Waals surface area contributed by atoms with Gasteiger partial charge >= 0.3 is 0 Å². The topological polar surface area (TPSA) is 136 Å². The van der Waals surface area contributed by atoms with Crippen LogP contribution in [0, 0.1) is 10.1 Å². The zero-order chi connectivity index (χ0) is 23.7. The Hall–Kier alpha value is -4.99. The lowest BCUT2D eigenvalue weighted by molar-refractivity contribution is -0.384. The lowest BCUT2D eigenvalue weighted by atomic mass is 10.1. The molecule has 10 nitrogen and oxygen atoms in total. The Morgan fingerprint density at radius 3 is 2.65 bits per heavy atom. The van der Waals surface area contributed by atoms with Crippen LogP contribution in [-0.2, 0) is 0 Å². The van der Waals surface area contributed by atoms with Crippen LogP contribution in [0.4, 0.5) is 5.69 Å². The first kappa shape index (κ1) is 20.9. The Kier molecular flexibility index (Phi) is 5.23. The zero-order valence-electron chi connectivity index (χ0n) is 17.8. The molecule has 0 aliphatic rings. The number of hydrogen-bond donors (Lipinski definition) is 2. The third-order valence-corrected chi connectivity index (χ3v) is 5.20. The molecule has 2 N–H and O–H groups in total. The number of ether oxygens (including phenoxy) is 1. The third-order valence-electron chi connectivity index (χ3n) is 5.20. The molecule has 0 bridgehead atoms. The van der Waals surface area contributed by atoms with Crippen LogP contribution < -0.4 is 15.7 Å². The van der Waals surface area contributed by atoms with Crippen LogP contribution in [0.2, 0.25) is 0 Å². The highest BCUT2D eigenvalue weighted by Crippen LogP contribution is 2.24. The second-order valence-electron chi connectivity index (χ2n) is 7.33. The van der Waals surface area contributed by atoms with E-state index in [1.165, 1.54) is 24.3 Å². The normalized spacial score (nSPS) is 11.6. The van der Waals surface area contributed by atoms with Crippen molar-refractivity contribution >= 4 is 33.6 Å². The summed E-state index contributed by atoms with van der Waals surface area (Å²) in [5.41, 5.74) is 5.35. The summed E-state index contributed by atoms with van der Waals surface area (Å²) >= 11 is 0. The monoisotopic (exact) mass is 455 g/mol. The van der Waals surface area contributed by atoms with Gasteiger partial charge in [0.25, 0.3) is 11.6 Å². The van der Waals surface area contributed by atoms with E-state index in [1.807, 2.05) is 36.4 Å². The van der Waals surface area contributed by atoms with Crippen LogP contribution >= 0.6 is 0 Å². The van der Waals surface area contributed by atoms with Gasteiger partial charge in [0.15, 0.2) is 0 Å². The second-order valence-corrected chi connectivity index (χ2v) is 7.33. The van der Waals surface area contributed by atoms with Crippen LogP contribution in [0.1, 0.15) is 10.4 Å². The van der Waals surface area contributed by atoms with Crippen molar-refractivity contribution in [2.75, 3.05) is 7.11 Å². The first-order chi connectivity index (χ1) is 16.5. The van der Waals surface area contributed by atoms with Crippen molar-refractivity contribution in [1.29, 1.82) is 0 Å². The van der Waals surface area contributed by atoms with E-state index >= 15 is 0 Å². The van der Waals surface area contributed by atoms with Gasteiger partial charge < -0.3 is 14.1 Å². The molecule has 168 valence electrons. The summed E-state index contributed by atoms with van der Waals surface area (Å²) < 4.78 is 11.3. The molecular weight excluding hydrogens is 438 g/mol. The van der Waals surface area contributed by atoms with E-state index in [-0.39, 0.29) is 16.8 Å². The number of nitro benzene ring substituents is 1. The first-order valence-electron chi connectivity index (χ1n) is 10.2. The van der Waals surface area contributed by atoms with E-state index in [9.17, 15) is 14.9 Å². The van der Waals surface area contributed by atoms with Crippen LogP contribution in [0.15, 0.2) is 82.3 Å². The highest BCUT2D eigenvalue weighted by molar-refractivity contribution is 5.94. The zero-order valence-corrected chi connectivity index (χ0v) is 17.8. The quantitative estimate of drug-likeness (QED) is 0.302. The van der Waals surface area contributed by atoms with Gasteiger partial charge in [-0.15, -0.1) is 5.10 Å². The van der Waals surface area contributed by atoms with Crippen LogP contribution in [0.3, 0.4) is 0 Å². The van der Waals surface area contributed by atoms with Gasteiger partial charge in [0.05, 0.1) is 28.6 Å². The van der Waals surface area contributed by atoms with Gasteiger partial charge in [0.1, 0.15) is 17.2 Å². The average Bonchev–Trinajstić information content (AvgIpc) is 3.30. The number of benzene rings is 3. The van der Waals surface area contributed by atoms with Crippen molar-refractivity contribution in [3.8, 4) is 17.1 Å². The fraction of sp³-hybridized carbons (Fsp3) is 0.0417. The molecule has 5 rings (SSSR count). The van der Waals surface area contributed by atoms with Gasteiger partial charge in [0, 0.05) is 23.1 Å². The maximum Gasteiger partial charge on any atom is 0.271 e. The van der Waals surface area contributed by atoms with Crippen LogP contribution in [0.5, 0.6) is 5.75 Å². The first-order valence-corrected chi connectivity index (χ1v) is 10.2. The van der Waals surface area contributed by atoms with Gasteiger partial charge in [-0.25, -0.2) is 10.4 Å². The number of nitrogens with one attached hydrogen (secondary N) is 2. The van der Waals surface area contributed by atoms with E-state index < -0.39 is 10.8 Å². The second kappa shape index (κ2) is 8.51. The molecule has 0 radical (unpaired) electrons. The van der Waals surface area contributed by atoms with Gasteiger partial charge in [-0.3, -0.25) is 14.9 Å². The third kappa shape index (κ3) is 3.95. The fourth-order valence-electron chi connectivity index (χ4n) is 3.47. The minimum Gasteiger partial charge on any atom is -0.497 e. The largest absolute Gasteiger partial charge is 0.497 e. The van der Waals surface area contributed by atoms with Gasteiger partial charge in [0.2, 0.25) is 5.55 Å². The summed E-state index contributed by atoms with van der Waals surface area (Å²) in [6.45, 7) is 0. The predicted molar refractivity (Wildman–Crippen MR) is 124 cm³/mol. The molecule has 0 aliphatic heterocycles. The molecule has 2 aromatic heterocycles. The summed E-state index contributed by atoms with van der Waals surface area (Å²) in [7, 11) is 1.58. The molecule has 1 amide bonds. The molecule has 10 heteroatoms. The number of rotatable bonds is 5. The number of H-pyrrole nitrogens is 1. The van der Waals surface area contributed by atoms with Crippen molar-refractivity contribution < 1.29 is 18.9 Å². The minimum absolute atomic E-state index is 0.111. The number of aromatic nitrogens is 2. The number of amides is 1. The number of methoxy groups -OCH3 is 1. The molecule has 0 aliphatic carbocycles. The highest BCUT2D eigenvalue weighted by Gasteiger charge is 2.13. The summed E-state index contributed by atoms with van der Waals surface area (Å²) in [5.74, 6) is 0.628. The molecule has 34 heavy (non-hydrogen) atoms. The lowest BCUT2D eigenvalue weighted by Gasteiger charge is -2.05. The molecule has 0 atom stereocenters. The Bertz CT molecular complexity index is 1590. The minimum atomic E-state index is -0.546. The Labute approximate surface area is 191 Å². The van der Waals surface area contributed by atoms with Gasteiger partial charge in [-0.05, 0) is 48.5 Å². The fourth-order valence-corrected chi connectivity index (χ4v) is 3.47. The number of imidazole rings is 1. The lowest BCUT2D eigenvalue weighted by Crippen LogP contribution is -2.22. The van der Waals surface area contributed by atoms with E-state index in [1.54, 1.807) is 19.2 Å². The van der Waals surface area contributed by atoms with E-state index in [4.69, 9.17) is 9.15 Å². The van der Waals surface area contributed by atoms with Gasteiger partial charge in [-0.2, -0.15) is 0 Å². The molecule has 5 aromatic rings. The summed E-state index contributed by atoms with van der Waals surface area (Å²) in [6.07, 6.45) is 0. The highest BCUT2D eigenvalue weighted by atomic mass is 16.6. The van der Waals surface area contributed by atoms with Crippen molar-refractivity contribution in [1.82, 2.24) is 15.4 Å². The van der Waals surface area contributed by atoms with E-state index in [0.29, 0.717) is 22.7 Å². The molecule has 0 saturated heterocycles. The number of carbonyl (C=O) groups is 1. The molecule has 0 fully saturated rings. The van der Waals surface area contributed by atoms with Crippen molar-refractivity contribution in [3.05, 3.63) is 94.0 Å². The van der Waals surface area contributed by atoms with E-state index in [2.05, 4.69) is 20.5 Å². The number of aromatic amines is 1. The number of non-ortho nitro benzene ring substituents is 1. The maximum atomic E-state index is 12.6. The Balaban J connectivity index is 1.59. The maximum absolute atomic E-state index is 12.6. The number of fused-ring (bicyclic) bond motifs is 2. The number of para-hydroxylation sites is 2. The van der Waals surface area contributed by atoms with Crippen molar-refractivity contribution in [2.45, 2.75) is 0 Å². The number of carbonyl (C=O) groups excluding carboxylic acids is 1. The van der Waals surface area contributed by atoms with Gasteiger partial charge in [-0.1, -0.05) is 12.1 Å². The predicted octanol–water partition coefficient (Wildman–Crippen LogP) is 4.14. The van der Waals surface area contributed by atoms with Crippen LogP contribution in [-0.4, -0.2) is 27.9 Å². The average molecular weight is 455 g/mol. The summed E-state index contributed by atoms with van der Waals surface area (Å²) in [6, 6.07) is 19.9. The summed E-state index contributed by atoms with van der Waals surface area (Å²) in [5, 5.41) is 15.8. The number of nitro groups is 1. The number of nitrogens with zero attached hydrogens (tertiary/aromatic N) is 3. The van der Waals surface area contributed by atoms with Crippen molar-refractivity contribution in [3.63, 3.8) is 0 Å².